The highest BCUT2D eigenvalue weighted by molar-refractivity contribution is 4.87. The molecule has 0 aliphatic rings. The van der Waals surface area contributed by atoms with Crippen LogP contribution in [0.1, 0.15) is 33.1 Å². The summed E-state index contributed by atoms with van der Waals surface area (Å²) in [4.78, 5) is 0. The Kier molecular flexibility index (Phi) is 7.15. The predicted molar refractivity (Wildman–Crippen MR) is 59.7 cm³/mol. The molecule has 0 aromatic rings. The molecule has 0 saturated heterocycles. The number of likely N-dealkylation sites (N-methyl/N-ethyl adjacent to an activating group) is 1. The summed E-state index contributed by atoms with van der Waals surface area (Å²) >= 11 is 0. The molecule has 0 fully saturated rings. The number of hydrogen-bond acceptors (Lipinski definition) is 3. The zero-order chi connectivity index (χ0) is 11.0. The first-order valence-electron chi connectivity index (χ1n) is 5.36. The van der Waals surface area contributed by atoms with E-state index in [9.17, 15) is 0 Å². The molecular weight excluding hydrogens is 178 g/mol. The van der Waals surface area contributed by atoms with Gasteiger partial charge in [0.05, 0.1) is 5.60 Å². The summed E-state index contributed by atoms with van der Waals surface area (Å²) in [6.07, 6.45) is 3.17. The summed E-state index contributed by atoms with van der Waals surface area (Å²) in [6, 6.07) is 0.396. The summed E-state index contributed by atoms with van der Waals surface area (Å²) < 4.78 is 10.6. The minimum atomic E-state index is -0.0670. The van der Waals surface area contributed by atoms with Crippen molar-refractivity contribution in [3.8, 4) is 0 Å². The van der Waals surface area contributed by atoms with Crippen LogP contribution in [0.15, 0.2) is 0 Å². The van der Waals surface area contributed by atoms with Crippen molar-refractivity contribution in [2.45, 2.75) is 44.8 Å². The van der Waals surface area contributed by atoms with E-state index in [1.807, 2.05) is 7.05 Å². The Hall–Kier alpha value is -0.120. The molecule has 0 spiro atoms. The second-order valence-corrected chi connectivity index (χ2v) is 3.85. The van der Waals surface area contributed by atoms with Crippen LogP contribution in [0.25, 0.3) is 0 Å². The maximum absolute atomic E-state index is 5.57. The molecule has 0 amide bonds. The van der Waals surface area contributed by atoms with E-state index in [4.69, 9.17) is 9.47 Å². The van der Waals surface area contributed by atoms with Crippen molar-refractivity contribution in [2.24, 2.45) is 0 Å². The smallest absolute Gasteiger partial charge is 0.0800 e. The minimum Gasteiger partial charge on any atom is -0.385 e. The van der Waals surface area contributed by atoms with E-state index in [0.29, 0.717) is 6.04 Å². The van der Waals surface area contributed by atoms with Gasteiger partial charge in [0.1, 0.15) is 0 Å². The molecule has 0 aliphatic carbocycles. The van der Waals surface area contributed by atoms with E-state index in [0.717, 1.165) is 25.9 Å². The van der Waals surface area contributed by atoms with Gasteiger partial charge in [0, 0.05) is 26.9 Å². The topological polar surface area (TPSA) is 30.5 Å². The summed E-state index contributed by atoms with van der Waals surface area (Å²) in [5.41, 5.74) is -0.0670. The zero-order valence-corrected chi connectivity index (χ0v) is 10.2. The van der Waals surface area contributed by atoms with Gasteiger partial charge in [0.15, 0.2) is 0 Å². The Balaban J connectivity index is 4.08. The number of hydrogen-bond donors (Lipinski definition) is 1. The summed E-state index contributed by atoms with van der Waals surface area (Å²) in [5, 5.41) is 3.32. The lowest BCUT2D eigenvalue weighted by Gasteiger charge is -2.35. The van der Waals surface area contributed by atoms with Crippen LogP contribution in [-0.4, -0.2) is 39.5 Å². The Morgan fingerprint density at radius 3 is 2.36 bits per heavy atom. The monoisotopic (exact) mass is 203 g/mol. The fourth-order valence-electron chi connectivity index (χ4n) is 1.72. The Morgan fingerprint density at radius 1 is 1.36 bits per heavy atom. The van der Waals surface area contributed by atoms with Gasteiger partial charge in [0.25, 0.3) is 0 Å². The van der Waals surface area contributed by atoms with Gasteiger partial charge in [-0.15, -0.1) is 0 Å². The molecule has 0 bridgehead atoms. The van der Waals surface area contributed by atoms with Crippen molar-refractivity contribution in [3.05, 3.63) is 0 Å². The van der Waals surface area contributed by atoms with E-state index in [2.05, 4.69) is 19.2 Å². The summed E-state index contributed by atoms with van der Waals surface area (Å²) in [6.45, 7) is 5.13. The van der Waals surface area contributed by atoms with Crippen LogP contribution in [0.2, 0.25) is 0 Å². The summed E-state index contributed by atoms with van der Waals surface area (Å²) in [7, 11) is 5.51. The molecule has 3 nitrogen and oxygen atoms in total. The van der Waals surface area contributed by atoms with E-state index < -0.39 is 0 Å². The van der Waals surface area contributed by atoms with Crippen LogP contribution in [0.4, 0.5) is 0 Å². The van der Waals surface area contributed by atoms with Gasteiger partial charge >= 0.3 is 0 Å². The van der Waals surface area contributed by atoms with Gasteiger partial charge in [-0.2, -0.15) is 0 Å². The van der Waals surface area contributed by atoms with Crippen molar-refractivity contribution >= 4 is 0 Å². The molecule has 2 atom stereocenters. The van der Waals surface area contributed by atoms with Crippen LogP contribution in [0.3, 0.4) is 0 Å². The fourth-order valence-corrected chi connectivity index (χ4v) is 1.72. The normalized spacial score (nSPS) is 17.8. The Labute approximate surface area is 88.2 Å². The molecule has 1 N–H and O–H groups in total. The average molecular weight is 203 g/mol. The van der Waals surface area contributed by atoms with Gasteiger partial charge in [-0.05, 0) is 33.2 Å². The quantitative estimate of drug-likeness (QED) is 0.610. The van der Waals surface area contributed by atoms with Crippen LogP contribution >= 0.6 is 0 Å². The van der Waals surface area contributed by atoms with Crippen LogP contribution in [0, 0.1) is 0 Å². The number of nitrogens with one attached hydrogen (secondary N) is 1. The second kappa shape index (κ2) is 7.21. The number of ether oxygens (including phenoxy) is 2. The third kappa shape index (κ3) is 3.95. The Bertz CT molecular complexity index is 135. The largest absolute Gasteiger partial charge is 0.385 e. The van der Waals surface area contributed by atoms with Gasteiger partial charge in [0.2, 0.25) is 0 Å². The fraction of sp³-hybridized carbons (Fsp3) is 1.00. The van der Waals surface area contributed by atoms with Gasteiger partial charge < -0.3 is 14.8 Å². The van der Waals surface area contributed by atoms with E-state index in [1.54, 1.807) is 14.2 Å². The molecule has 0 rings (SSSR count). The maximum atomic E-state index is 5.57. The van der Waals surface area contributed by atoms with Gasteiger partial charge in [-0.25, -0.2) is 0 Å². The van der Waals surface area contributed by atoms with Crippen LogP contribution < -0.4 is 5.32 Å². The molecule has 0 aromatic carbocycles. The number of methoxy groups -OCH3 is 2. The highest BCUT2D eigenvalue weighted by atomic mass is 16.5. The molecule has 0 heterocycles. The summed E-state index contributed by atoms with van der Waals surface area (Å²) in [5.74, 6) is 0. The zero-order valence-electron chi connectivity index (χ0n) is 10.2. The molecule has 0 aliphatic heterocycles. The molecule has 14 heavy (non-hydrogen) atoms. The van der Waals surface area contributed by atoms with E-state index in [-0.39, 0.29) is 5.60 Å². The lowest BCUT2D eigenvalue weighted by atomic mass is 9.90. The van der Waals surface area contributed by atoms with Crippen LogP contribution in [-0.2, 0) is 9.47 Å². The first-order chi connectivity index (χ1) is 6.64. The van der Waals surface area contributed by atoms with Gasteiger partial charge in [-0.3, -0.25) is 0 Å². The van der Waals surface area contributed by atoms with Crippen molar-refractivity contribution in [2.75, 3.05) is 27.9 Å². The van der Waals surface area contributed by atoms with Crippen molar-refractivity contribution < 1.29 is 9.47 Å². The van der Waals surface area contributed by atoms with E-state index >= 15 is 0 Å². The maximum Gasteiger partial charge on any atom is 0.0800 e. The first kappa shape index (κ1) is 13.9. The minimum absolute atomic E-state index is 0.0670. The molecule has 86 valence electrons. The average Bonchev–Trinajstić information content (AvgIpc) is 2.23. The van der Waals surface area contributed by atoms with Crippen LogP contribution in [0.5, 0.6) is 0 Å². The SMILES string of the molecule is CCC(C)(OC)C(CCCOC)NC. The number of rotatable bonds is 8. The molecule has 0 radical (unpaired) electrons. The first-order valence-corrected chi connectivity index (χ1v) is 5.36. The molecule has 0 saturated carbocycles. The standard InChI is InChI=1S/C11H25NO2/c1-6-11(2,14-5)10(12-3)8-7-9-13-4/h10,12H,6-9H2,1-5H3. The molecule has 2 unspecified atom stereocenters. The van der Waals surface area contributed by atoms with Crippen molar-refractivity contribution in [3.63, 3.8) is 0 Å². The van der Waals surface area contributed by atoms with Gasteiger partial charge in [-0.1, -0.05) is 6.92 Å². The highest BCUT2D eigenvalue weighted by Crippen LogP contribution is 2.22. The third-order valence-electron chi connectivity index (χ3n) is 3.10. The van der Waals surface area contributed by atoms with Crippen molar-refractivity contribution in [1.29, 1.82) is 0 Å². The lowest BCUT2D eigenvalue weighted by molar-refractivity contribution is -0.0307. The molecular formula is C11H25NO2. The highest BCUT2D eigenvalue weighted by Gasteiger charge is 2.30. The third-order valence-corrected chi connectivity index (χ3v) is 3.10. The second-order valence-electron chi connectivity index (χ2n) is 3.85. The van der Waals surface area contributed by atoms with Crippen molar-refractivity contribution in [1.82, 2.24) is 5.32 Å². The predicted octanol–water partition coefficient (Wildman–Crippen LogP) is 1.82. The Morgan fingerprint density at radius 2 is 2.00 bits per heavy atom. The molecule has 3 heteroatoms. The molecule has 0 aromatic heterocycles. The lowest BCUT2D eigenvalue weighted by Crippen LogP contribution is -2.48. The van der Waals surface area contributed by atoms with E-state index in [1.165, 1.54) is 0 Å².